The molecule has 1 heterocycles. The zero-order chi connectivity index (χ0) is 14.8. The topological polar surface area (TPSA) is 31.4 Å². The van der Waals surface area contributed by atoms with E-state index in [1.165, 1.54) is 0 Å². The lowest BCUT2D eigenvalue weighted by atomic mass is 9.96. The highest BCUT2D eigenvalue weighted by atomic mass is 16.5. The molecule has 2 aromatic rings. The third-order valence-electron chi connectivity index (χ3n) is 3.63. The number of benzene rings is 1. The summed E-state index contributed by atoms with van der Waals surface area (Å²) >= 11 is 0. The third kappa shape index (κ3) is 3.35. The van der Waals surface area contributed by atoms with Crippen molar-refractivity contribution < 1.29 is 9.47 Å². The molecule has 0 atom stereocenters. The predicted octanol–water partition coefficient (Wildman–Crippen LogP) is 3.91. The van der Waals surface area contributed by atoms with Crippen molar-refractivity contribution in [1.29, 1.82) is 0 Å². The van der Waals surface area contributed by atoms with Crippen molar-refractivity contribution in [2.45, 2.75) is 38.9 Å². The minimum Gasteiger partial charge on any atom is -0.376 e. The fourth-order valence-corrected chi connectivity index (χ4v) is 1.95. The zero-order valence-corrected chi connectivity index (χ0v) is 12.9. The van der Waals surface area contributed by atoms with Gasteiger partial charge < -0.3 is 9.47 Å². The lowest BCUT2D eigenvalue weighted by Crippen LogP contribution is -2.34. The van der Waals surface area contributed by atoms with Crippen LogP contribution in [-0.4, -0.2) is 24.3 Å². The molecule has 0 spiro atoms. The van der Waals surface area contributed by atoms with Crippen LogP contribution in [0.1, 0.15) is 33.3 Å². The zero-order valence-electron chi connectivity index (χ0n) is 12.9. The second-order valence-electron chi connectivity index (χ2n) is 6.17. The van der Waals surface area contributed by atoms with Crippen molar-refractivity contribution >= 4 is 10.9 Å². The van der Waals surface area contributed by atoms with E-state index < -0.39 is 0 Å². The number of rotatable bonds is 5. The average Bonchev–Trinajstić information content (AvgIpc) is 2.45. The number of fused-ring (bicyclic) bond motifs is 1. The molecule has 0 saturated heterocycles. The van der Waals surface area contributed by atoms with E-state index in [1.54, 1.807) is 7.11 Å². The number of nitrogens with zero attached hydrogens (tertiary/aromatic N) is 1. The lowest BCUT2D eigenvalue weighted by Gasteiger charge is -2.31. The van der Waals surface area contributed by atoms with Gasteiger partial charge in [0.05, 0.1) is 23.3 Å². The van der Waals surface area contributed by atoms with E-state index in [4.69, 9.17) is 9.47 Å². The van der Waals surface area contributed by atoms with Crippen LogP contribution in [0.2, 0.25) is 0 Å². The van der Waals surface area contributed by atoms with Crippen molar-refractivity contribution in [2.75, 3.05) is 13.7 Å². The Balaban J connectivity index is 2.22. The van der Waals surface area contributed by atoms with E-state index in [0.717, 1.165) is 16.5 Å². The number of pyridine rings is 1. The van der Waals surface area contributed by atoms with Gasteiger partial charge in [0.15, 0.2) is 0 Å². The second kappa shape index (κ2) is 5.51. The molecule has 0 fully saturated rings. The van der Waals surface area contributed by atoms with Crippen LogP contribution in [0.15, 0.2) is 36.5 Å². The van der Waals surface area contributed by atoms with Gasteiger partial charge in [-0.3, -0.25) is 4.98 Å². The van der Waals surface area contributed by atoms with E-state index in [2.05, 4.69) is 37.0 Å². The summed E-state index contributed by atoms with van der Waals surface area (Å²) in [7, 11) is 1.71. The highest BCUT2D eigenvalue weighted by molar-refractivity contribution is 5.79. The van der Waals surface area contributed by atoms with Crippen molar-refractivity contribution in [2.24, 2.45) is 0 Å². The SMILES string of the molecule is COC(C)(C)COC(C)(C)c1ccc2ncccc2c1. The average molecular weight is 273 g/mol. The van der Waals surface area contributed by atoms with Gasteiger partial charge in [0, 0.05) is 18.7 Å². The summed E-state index contributed by atoms with van der Waals surface area (Å²) in [5.41, 5.74) is 1.50. The normalized spacial score (nSPS) is 12.8. The first-order valence-corrected chi connectivity index (χ1v) is 6.88. The van der Waals surface area contributed by atoms with E-state index in [9.17, 15) is 0 Å². The maximum Gasteiger partial charge on any atom is 0.0876 e. The molecule has 1 aromatic carbocycles. The van der Waals surface area contributed by atoms with Crippen LogP contribution in [-0.2, 0) is 15.1 Å². The quantitative estimate of drug-likeness (QED) is 0.827. The van der Waals surface area contributed by atoms with Gasteiger partial charge in [-0.25, -0.2) is 0 Å². The van der Waals surface area contributed by atoms with Crippen LogP contribution in [0.4, 0.5) is 0 Å². The summed E-state index contributed by atoms with van der Waals surface area (Å²) in [6, 6.07) is 10.3. The Labute approximate surface area is 120 Å². The Kier molecular flexibility index (Phi) is 4.11. The molecule has 0 saturated carbocycles. The molecular weight excluding hydrogens is 250 g/mol. The molecule has 3 heteroatoms. The van der Waals surface area contributed by atoms with E-state index in [-0.39, 0.29) is 11.2 Å². The van der Waals surface area contributed by atoms with Crippen LogP contribution >= 0.6 is 0 Å². The molecular formula is C17H23NO2. The van der Waals surface area contributed by atoms with Gasteiger partial charge in [-0.2, -0.15) is 0 Å². The largest absolute Gasteiger partial charge is 0.376 e. The van der Waals surface area contributed by atoms with E-state index in [0.29, 0.717) is 6.61 Å². The van der Waals surface area contributed by atoms with Crippen LogP contribution in [0.25, 0.3) is 10.9 Å². The van der Waals surface area contributed by atoms with Crippen molar-refractivity contribution in [3.8, 4) is 0 Å². The minimum absolute atomic E-state index is 0.282. The molecule has 0 bridgehead atoms. The maximum atomic E-state index is 6.07. The minimum atomic E-state index is -0.361. The summed E-state index contributed by atoms with van der Waals surface area (Å²) in [5.74, 6) is 0. The summed E-state index contributed by atoms with van der Waals surface area (Å²) in [5, 5.41) is 1.13. The molecule has 0 aliphatic carbocycles. The molecule has 0 aliphatic rings. The van der Waals surface area contributed by atoms with E-state index >= 15 is 0 Å². The van der Waals surface area contributed by atoms with Gasteiger partial charge in [-0.1, -0.05) is 12.1 Å². The van der Waals surface area contributed by atoms with Crippen LogP contribution in [0, 0.1) is 0 Å². The van der Waals surface area contributed by atoms with Gasteiger partial charge in [-0.05, 0) is 51.5 Å². The molecule has 0 amide bonds. The van der Waals surface area contributed by atoms with Gasteiger partial charge in [0.2, 0.25) is 0 Å². The first kappa shape index (κ1) is 14.9. The predicted molar refractivity (Wildman–Crippen MR) is 81.8 cm³/mol. The smallest absolute Gasteiger partial charge is 0.0876 e. The van der Waals surface area contributed by atoms with Crippen molar-refractivity contribution in [3.63, 3.8) is 0 Å². The molecule has 2 rings (SSSR count). The Morgan fingerprint density at radius 3 is 2.55 bits per heavy atom. The molecule has 3 nitrogen and oxygen atoms in total. The third-order valence-corrected chi connectivity index (χ3v) is 3.63. The van der Waals surface area contributed by atoms with Crippen LogP contribution < -0.4 is 0 Å². The number of ether oxygens (including phenoxy) is 2. The summed E-state index contributed by atoms with van der Waals surface area (Å²) in [6.07, 6.45) is 1.81. The summed E-state index contributed by atoms with van der Waals surface area (Å²) in [4.78, 5) is 4.34. The highest BCUT2D eigenvalue weighted by Crippen LogP contribution is 2.28. The summed E-state index contributed by atoms with van der Waals surface area (Å²) in [6.45, 7) is 8.74. The molecule has 0 unspecified atom stereocenters. The number of hydrogen-bond acceptors (Lipinski definition) is 3. The standard InChI is InChI=1S/C17H23NO2/c1-16(2,19-5)12-20-17(3,4)14-8-9-15-13(11-14)7-6-10-18-15/h6-11H,12H2,1-5H3. The van der Waals surface area contributed by atoms with Gasteiger partial charge >= 0.3 is 0 Å². The molecule has 0 aliphatic heterocycles. The van der Waals surface area contributed by atoms with Crippen LogP contribution in [0.3, 0.4) is 0 Å². The van der Waals surface area contributed by atoms with Crippen molar-refractivity contribution in [3.05, 3.63) is 42.1 Å². The first-order valence-electron chi connectivity index (χ1n) is 6.88. The van der Waals surface area contributed by atoms with Crippen molar-refractivity contribution in [1.82, 2.24) is 4.98 Å². The Morgan fingerprint density at radius 1 is 1.10 bits per heavy atom. The number of methoxy groups -OCH3 is 1. The number of aromatic nitrogens is 1. The summed E-state index contributed by atoms with van der Waals surface area (Å²) < 4.78 is 11.5. The Bertz CT molecular complexity index is 590. The lowest BCUT2D eigenvalue weighted by molar-refractivity contribution is -0.109. The maximum absolute atomic E-state index is 6.07. The van der Waals surface area contributed by atoms with Crippen LogP contribution in [0.5, 0.6) is 0 Å². The molecule has 108 valence electrons. The monoisotopic (exact) mass is 273 g/mol. The van der Waals surface area contributed by atoms with Gasteiger partial charge in [0.1, 0.15) is 0 Å². The highest BCUT2D eigenvalue weighted by Gasteiger charge is 2.26. The molecule has 20 heavy (non-hydrogen) atoms. The Morgan fingerprint density at radius 2 is 1.85 bits per heavy atom. The number of hydrogen-bond donors (Lipinski definition) is 0. The fraction of sp³-hybridized carbons (Fsp3) is 0.471. The van der Waals surface area contributed by atoms with Gasteiger partial charge in [0.25, 0.3) is 0 Å². The second-order valence-corrected chi connectivity index (χ2v) is 6.17. The van der Waals surface area contributed by atoms with E-state index in [1.807, 2.05) is 32.2 Å². The molecule has 0 N–H and O–H groups in total. The fourth-order valence-electron chi connectivity index (χ4n) is 1.95. The first-order chi connectivity index (χ1) is 9.34. The molecule has 0 radical (unpaired) electrons. The van der Waals surface area contributed by atoms with Gasteiger partial charge in [-0.15, -0.1) is 0 Å². The molecule has 1 aromatic heterocycles. The Hall–Kier alpha value is -1.45.